The predicted molar refractivity (Wildman–Crippen MR) is 79.5 cm³/mol. The van der Waals surface area contributed by atoms with E-state index in [4.69, 9.17) is 5.26 Å². The van der Waals surface area contributed by atoms with Crippen LogP contribution in [0.4, 0.5) is 0 Å². The van der Waals surface area contributed by atoms with Gasteiger partial charge in [-0.25, -0.2) is 0 Å². The van der Waals surface area contributed by atoms with Crippen LogP contribution in [-0.4, -0.2) is 28.9 Å². The van der Waals surface area contributed by atoms with E-state index in [0.29, 0.717) is 0 Å². The van der Waals surface area contributed by atoms with Crippen molar-refractivity contribution >= 4 is 16.9 Å². The summed E-state index contributed by atoms with van der Waals surface area (Å²) in [5.41, 5.74) is 2.78. The molecule has 1 aliphatic rings. The number of rotatable bonds is 5. The number of nitrogens with zero attached hydrogens (tertiary/aromatic N) is 3. The van der Waals surface area contributed by atoms with Gasteiger partial charge in [-0.3, -0.25) is 0 Å². The van der Waals surface area contributed by atoms with Gasteiger partial charge in [0.05, 0.1) is 0 Å². The Hall–Kier alpha value is -1.21. The largest absolute Gasteiger partial charge is 0.346 e. The van der Waals surface area contributed by atoms with E-state index >= 15 is 0 Å². The molecular formula is C14H21N3S. The molecule has 0 bridgehead atoms. The molecule has 0 spiro atoms. The van der Waals surface area contributed by atoms with Crippen LogP contribution in [0.5, 0.6) is 0 Å². The average Bonchev–Trinajstić information content (AvgIpc) is 2.74. The molecule has 4 heteroatoms. The first-order chi connectivity index (χ1) is 8.63. The standard InChI is InChI=1S/C14H21N3S/c1-12(2)5-4-6-13(3)7-8-17-9-10-18-14(17)16-11-15/h5,7H,4,6,8-10H2,1-3H3. The van der Waals surface area contributed by atoms with E-state index in [-0.39, 0.29) is 0 Å². The van der Waals surface area contributed by atoms with Crippen LogP contribution in [-0.2, 0) is 0 Å². The molecule has 0 aliphatic carbocycles. The van der Waals surface area contributed by atoms with E-state index in [1.54, 1.807) is 11.8 Å². The summed E-state index contributed by atoms with van der Waals surface area (Å²) in [6.07, 6.45) is 8.61. The first-order valence-corrected chi connectivity index (χ1v) is 7.25. The monoisotopic (exact) mass is 263 g/mol. The molecule has 0 radical (unpaired) electrons. The Labute approximate surface area is 114 Å². The Morgan fingerprint density at radius 1 is 1.44 bits per heavy atom. The van der Waals surface area contributed by atoms with Gasteiger partial charge in [0.15, 0.2) is 5.17 Å². The summed E-state index contributed by atoms with van der Waals surface area (Å²) < 4.78 is 0. The number of hydrogen-bond acceptors (Lipinski definition) is 3. The van der Waals surface area contributed by atoms with Crippen molar-refractivity contribution < 1.29 is 0 Å². The van der Waals surface area contributed by atoms with Crippen molar-refractivity contribution in [1.82, 2.24) is 4.90 Å². The molecule has 0 atom stereocenters. The van der Waals surface area contributed by atoms with Gasteiger partial charge < -0.3 is 4.90 Å². The van der Waals surface area contributed by atoms with Gasteiger partial charge in [-0.2, -0.15) is 5.26 Å². The lowest BCUT2D eigenvalue weighted by Crippen LogP contribution is -2.24. The second-order valence-corrected chi connectivity index (χ2v) is 5.72. The number of allylic oxidation sites excluding steroid dienone is 3. The van der Waals surface area contributed by atoms with Crippen LogP contribution in [0.2, 0.25) is 0 Å². The first-order valence-electron chi connectivity index (χ1n) is 6.27. The highest BCUT2D eigenvalue weighted by atomic mass is 32.2. The fourth-order valence-corrected chi connectivity index (χ4v) is 2.65. The van der Waals surface area contributed by atoms with Crippen LogP contribution >= 0.6 is 11.8 Å². The Balaban J connectivity index is 2.41. The lowest BCUT2D eigenvalue weighted by molar-refractivity contribution is 0.511. The number of aliphatic imine (C=N–C) groups is 1. The highest BCUT2D eigenvalue weighted by molar-refractivity contribution is 8.14. The predicted octanol–water partition coefficient (Wildman–Crippen LogP) is 3.56. The number of thioether (sulfide) groups is 1. The van der Waals surface area contributed by atoms with E-state index in [1.807, 2.05) is 6.19 Å². The van der Waals surface area contributed by atoms with Gasteiger partial charge in [0.1, 0.15) is 0 Å². The Kier molecular flexibility index (Phi) is 6.59. The van der Waals surface area contributed by atoms with Crippen LogP contribution in [0.25, 0.3) is 0 Å². The second-order valence-electron chi connectivity index (χ2n) is 4.66. The summed E-state index contributed by atoms with van der Waals surface area (Å²) in [7, 11) is 0. The molecule has 98 valence electrons. The number of amidine groups is 1. The maximum Gasteiger partial charge on any atom is 0.208 e. The minimum atomic E-state index is 0.867. The fraction of sp³-hybridized carbons (Fsp3) is 0.571. The fourth-order valence-electron chi connectivity index (χ4n) is 1.71. The molecule has 1 rings (SSSR count). The van der Waals surface area contributed by atoms with Gasteiger partial charge in [0.25, 0.3) is 0 Å². The normalized spacial score (nSPS) is 18.0. The molecule has 0 aromatic carbocycles. The number of hydrogen-bond donors (Lipinski definition) is 0. The van der Waals surface area contributed by atoms with E-state index in [2.05, 4.69) is 42.8 Å². The summed E-state index contributed by atoms with van der Waals surface area (Å²) >= 11 is 1.66. The Morgan fingerprint density at radius 3 is 2.89 bits per heavy atom. The summed E-state index contributed by atoms with van der Waals surface area (Å²) in [5.74, 6) is 1.03. The molecule has 0 aromatic rings. The Bertz CT molecular complexity index is 398. The second kappa shape index (κ2) is 7.99. The third kappa shape index (κ3) is 5.42. The lowest BCUT2D eigenvalue weighted by atomic mass is 10.1. The van der Waals surface area contributed by atoms with Crippen LogP contribution in [0.3, 0.4) is 0 Å². The third-order valence-corrected chi connectivity index (χ3v) is 3.75. The highest BCUT2D eigenvalue weighted by Gasteiger charge is 2.17. The smallest absolute Gasteiger partial charge is 0.208 e. The minimum Gasteiger partial charge on any atom is -0.346 e. The van der Waals surface area contributed by atoms with Gasteiger partial charge in [-0.05, 0) is 33.6 Å². The van der Waals surface area contributed by atoms with E-state index in [1.165, 1.54) is 11.1 Å². The van der Waals surface area contributed by atoms with Crippen LogP contribution < -0.4 is 0 Å². The van der Waals surface area contributed by atoms with Crippen LogP contribution in [0.1, 0.15) is 33.6 Å². The van der Waals surface area contributed by atoms with E-state index in [9.17, 15) is 0 Å². The maximum absolute atomic E-state index is 8.59. The zero-order valence-corrected chi connectivity index (χ0v) is 12.3. The van der Waals surface area contributed by atoms with Gasteiger partial charge in [-0.1, -0.05) is 35.1 Å². The summed E-state index contributed by atoms with van der Waals surface area (Å²) in [4.78, 5) is 6.01. The highest BCUT2D eigenvalue weighted by Crippen LogP contribution is 2.18. The SMILES string of the molecule is CC(C)=CCCC(C)=CCN1CCSC1=NC#N. The van der Waals surface area contributed by atoms with Crippen molar-refractivity contribution in [3.8, 4) is 6.19 Å². The molecule has 1 aliphatic heterocycles. The van der Waals surface area contributed by atoms with E-state index in [0.717, 1.165) is 36.9 Å². The lowest BCUT2D eigenvalue weighted by Gasteiger charge is -2.14. The molecule has 0 aromatic heterocycles. The van der Waals surface area contributed by atoms with Crippen LogP contribution in [0, 0.1) is 11.5 Å². The molecule has 0 N–H and O–H groups in total. The molecule has 3 nitrogen and oxygen atoms in total. The van der Waals surface area contributed by atoms with Crippen molar-refractivity contribution in [3.63, 3.8) is 0 Å². The third-order valence-electron chi connectivity index (χ3n) is 2.76. The van der Waals surface area contributed by atoms with Gasteiger partial charge >= 0.3 is 0 Å². The van der Waals surface area contributed by atoms with Crippen LogP contribution in [0.15, 0.2) is 28.3 Å². The first kappa shape index (κ1) is 14.8. The Morgan fingerprint density at radius 2 is 2.22 bits per heavy atom. The molecule has 0 saturated carbocycles. The molecule has 0 amide bonds. The molecule has 1 fully saturated rings. The zero-order valence-electron chi connectivity index (χ0n) is 11.4. The topological polar surface area (TPSA) is 39.4 Å². The van der Waals surface area contributed by atoms with Crippen molar-refractivity contribution in [3.05, 3.63) is 23.3 Å². The average molecular weight is 263 g/mol. The van der Waals surface area contributed by atoms with Gasteiger partial charge in [0.2, 0.25) is 6.19 Å². The van der Waals surface area contributed by atoms with Crippen molar-refractivity contribution in [2.75, 3.05) is 18.8 Å². The molecule has 0 unspecified atom stereocenters. The summed E-state index contributed by atoms with van der Waals surface area (Å²) in [6, 6.07) is 0. The van der Waals surface area contributed by atoms with E-state index < -0.39 is 0 Å². The van der Waals surface area contributed by atoms with Crippen molar-refractivity contribution in [2.45, 2.75) is 33.6 Å². The molecule has 18 heavy (non-hydrogen) atoms. The summed E-state index contributed by atoms with van der Waals surface area (Å²) in [6.45, 7) is 8.29. The minimum absolute atomic E-state index is 0.867. The van der Waals surface area contributed by atoms with Crippen molar-refractivity contribution in [2.24, 2.45) is 4.99 Å². The van der Waals surface area contributed by atoms with Crippen molar-refractivity contribution in [1.29, 1.82) is 5.26 Å². The molecular weight excluding hydrogens is 242 g/mol. The number of nitriles is 1. The maximum atomic E-state index is 8.59. The van der Waals surface area contributed by atoms with Gasteiger partial charge in [0, 0.05) is 18.8 Å². The summed E-state index contributed by atoms with van der Waals surface area (Å²) in [5, 5.41) is 9.46. The molecule has 1 saturated heterocycles. The van der Waals surface area contributed by atoms with Gasteiger partial charge in [-0.15, -0.1) is 4.99 Å². The molecule has 1 heterocycles. The quantitative estimate of drug-likeness (QED) is 0.562. The zero-order chi connectivity index (χ0) is 13.4.